The minimum absolute atomic E-state index is 0.0703. The van der Waals surface area contributed by atoms with Crippen molar-refractivity contribution >= 4 is 11.9 Å². The average Bonchev–Trinajstić information content (AvgIpc) is 1.99. The quantitative estimate of drug-likeness (QED) is 0.694. The van der Waals surface area contributed by atoms with Crippen LogP contribution in [0.3, 0.4) is 0 Å². The minimum Gasteiger partial charge on any atom is -0.478 e. The Morgan fingerprint density at radius 2 is 1.50 bits per heavy atom. The molecular formula is C10H17NO3. The van der Waals surface area contributed by atoms with Crippen LogP contribution in [0.15, 0.2) is 12.2 Å². The summed E-state index contributed by atoms with van der Waals surface area (Å²) in [7, 11) is 0. The lowest BCUT2D eigenvalue weighted by Gasteiger charge is -2.29. The normalized spacial score (nSPS) is 11.3. The van der Waals surface area contributed by atoms with Crippen molar-refractivity contribution in [2.75, 3.05) is 0 Å². The molecule has 0 atom stereocenters. The predicted molar refractivity (Wildman–Crippen MR) is 53.9 cm³/mol. The first-order valence-electron chi connectivity index (χ1n) is 4.59. The number of aliphatic carboxylic acids is 1. The van der Waals surface area contributed by atoms with Gasteiger partial charge in [0.1, 0.15) is 0 Å². The molecule has 0 aromatic rings. The Hall–Kier alpha value is -1.32. The van der Waals surface area contributed by atoms with E-state index in [0.29, 0.717) is 0 Å². The predicted octanol–water partition coefficient (Wildman–Crippen LogP) is 1.27. The van der Waals surface area contributed by atoms with Gasteiger partial charge in [0.05, 0.1) is 0 Å². The summed E-state index contributed by atoms with van der Waals surface area (Å²) in [6, 6.07) is 0.141. The number of carboxylic acid groups (broad SMARTS) is 1. The topological polar surface area (TPSA) is 57.6 Å². The Balaban J connectivity index is 4.53. The summed E-state index contributed by atoms with van der Waals surface area (Å²) in [5, 5.41) is 8.36. The molecule has 0 bridgehead atoms. The van der Waals surface area contributed by atoms with Crippen LogP contribution in [0.1, 0.15) is 27.7 Å². The molecule has 4 nitrogen and oxygen atoms in total. The highest BCUT2D eigenvalue weighted by atomic mass is 16.4. The van der Waals surface area contributed by atoms with E-state index < -0.39 is 5.97 Å². The van der Waals surface area contributed by atoms with Crippen LogP contribution in [0.5, 0.6) is 0 Å². The molecule has 0 fully saturated rings. The highest BCUT2D eigenvalue weighted by Gasteiger charge is 2.17. The molecule has 0 heterocycles. The van der Waals surface area contributed by atoms with E-state index in [1.165, 1.54) is 0 Å². The second-order valence-electron chi connectivity index (χ2n) is 3.60. The number of amides is 1. The highest BCUT2D eigenvalue weighted by Crippen LogP contribution is 2.05. The zero-order valence-electron chi connectivity index (χ0n) is 9.02. The third kappa shape index (κ3) is 4.07. The van der Waals surface area contributed by atoms with Gasteiger partial charge in [0.15, 0.2) is 0 Å². The van der Waals surface area contributed by atoms with E-state index in [2.05, 4.69) is 0 Å². The summed E-state index contributed by atoms with van der Waals surface area (Å²) in [5.41, 5.74) is 0. The van der Waals surface area contributed by atoms with Gasteiger partial charge in [-0.1, -0.05) is 0 Å². The van der Waals surface area contributed by atoms with Gasteiger partial charge >= 0.3 is 5.97 Å². The van der Waals surface area contributed by atoms with Gasteiger partial charge in [0.25, 0.3) is 0 Å². The van der Waals surface area contributed by atoms with Gasteiger partial charge in [-0.05, 0) is 27.7 Å². The maximum atomic E-state index is 11.5. The molecule has 14 heavy (non-hydrogen) atoms. The van der Waals surface area contributed by atoms with Gasteiger partial charge in [-0.25, -0.2) is 4.79 Å². The van der Waals surface area contributed by atoms with Crippen molar-refractivity contribution in [1.29, 1.82) is 0 Å². The highest BCUT2D eigenvalue weighted by molar-refractivity contribution is 5.94. The Bertz CT molecular complexity index is 236. The second-order valence-corrected chi connectivity index (χ2v) is 3.60. The number of rotatable bonds is 4. The Labute approximate surface area is 84.2 Å². The van der Waals surface area contributed by atoms with E-state index in [0.717, 1.165) is 12.2 Å². The van der Waals surface area contributed by atoms with E-state index in [1.54, 1.807) is 4.90 Å². The number of carbonyl (C=O) groups is 2. The Kier molecular flexibility index (Phi) is 4.91. The molecule has 0 aromatic carbocycles. The molecule has 0 rings (SSSR count). The first-order chi connectivity index (χ1) is 6.36. The van der Waals surface area contributed by atoms with E-state index >= 15 is 0 Å². The van der Waals surface area contributed by atoms with Crippen LogP contribution in [0.2, 0.25) is 0 Å². The van der Waals surface area contributed by atoms with Crippen LogP contribution in [0.25, 0.3) is 0 Å². The monoisotopic (exact) mass is 199 g/mol. The second kappa shape index (κ2) is 5.42. The summed E-state index contributed by atoms with van der Waals surface area (Å²) >= 11 is 0. The van der Waals surface area contributed by atoms with Crippen molar-refractivity contribution in [3.8, 4) is 0 Å². The van der Waals surface area contributed by atoms with Crippen LogP contribution < -0.4 is 0 Å². The summed E-state index contributed by atoms with van der Waals surface area (Å²) in [6.07, 6.45) is 1.95. The Morgan fingerprint density at radius 1 is 1.07 bits per heavy atom. The van der Waals surface area contributed by atoms with Crippen molar-refractivity contribution in [2.24, 2.45) is 0 Å². The molecule has 80 valence electrons. The van der Waals surface area contributed by atoms with Crippen LogP contribution in [0, 0.1) is 0 Å². The summed E-state index contributed by atoms with van der Waals surface area (Å²) in [4.78, 5) is 23.3. The van der Waals surface area contributed by atoms with Gasteiger partial charge in [0.2, 0.25) is 5.91 Å². The minimum atomic E-state index is -1.11. The molecular weight excluding hydrogens is 182 g/mol. The third-order valence-electron chi connectivity index (χ3n) is 1.74. The molecule has 0 saturated carbocycles. The Morgan fingerprint density at radius 3 is 1.79 bits per heavy atom. The van der Waals surface area contributed by atoms with Gasteiger partial charge in [-0.2, -0.15) is 0 Å². The molecule has 0 aromatic heterocycles. The van der Waals surface area contributed by atoms with Crippen molar-refractivity contribution in [2.45, 2.75) is 39.8 Å². The SMILES string of the molecule is CC(C)N(C(=O)C=CC(=O)O)C(C)C. The van der Waals surface area contributed by atoms with E-state index in [9.17, 15) is 9.59 Å². The number of hydrogen-bond acceptors (Lipinski definition) is 2. The lowest BCUT2D eigenvalue weighted by Crippen LogP contribution is -2.41. The maximum Gasteiger partial charge on any atom is 0.328 e. The van der Waals surface area contributed by atoms with Gasteiger partial charge in [0, 0.05) is 24.2 Å². The number of nitrogens with zero attached hydrogens (tertiary/aromatic N) is 1. The van der Waals surface area contributed by atoms with Crippen LogP contribution in [-0.4, -0.2) is 34.0 Å². The molecule has 0 aliphatic carbocycles. The van der Waals surface area contributed by atoms with Crippen LogP contribution >= 0.6 is 0 Å². The molecule has 0 radical (unpaired) electrons. The first kappa shape index (κ1) is 12.7. The molecule has 0 spiro atoms. The number of carbonyl (C=O) groups excluding carboxylic acids is 1. The summed E-state index contributed by atoms with van der Waals surface area (Å²) < 4.78 is 0. The smallest absolute Gasteiger partial charge is 0.328 e. The zero-order valence-corrected chi connectivity index (χ0v) is 9.02. The van der Waals surface area contributed by atoms with Gasteiger partial charge in [-0.3, -0.25) is 4.79 Å². The van der Waals surface area contributed by atoms with E-state index in [4.69, 9.17) is 5.11 Å². The van der Waals surface area contributed by atoms with Gasteiger partial charge in [-0.15, -0.1) is 0 Å². The molecule has 0 aliphatic rings. The lowest BCUT2D eigenvalue weighted by molar-refractivity contribution is -0.133. The van der Waals surface area contributed by atoms with Crippen molar-refractivity contribution in [3.05, 3.63) is 12.2 Å². The van der Waals surface area contributed by atoms with Crippen LogP contribution in [0.4, 0.5) is 0 Å². The fraction of sp³-hybridized carbons (Fsp3) is 0.600. The standard InChI is InChI=1S/C10H17NO3/c1-7(2)11(8(3)4)9(12)5-6-10(13)14/h5-8H,1-4H3,(H,13,14). The zero-order chi connectivity index (χ0) is 11.3. The summed E-state index contributed by atoms with van der Waals surface area (Å²) in [6.45, 7) is 7.58. The first-order valence-corrected chi connectivity index (χ1v) is 4.59. The van der Waals surface area contributed by atoms with Crippen molar-refractivity contribution in [3.63, 3.8) is 0 Å². The summed E-state index contributed by atoms with van der Waals surface area (Å²) in [5.74, 6) is -1.37. The fourth-order valence-electron chi connectivity index (χ4n) is 1.33. The van der Waals surface area contributed by atoms with Gasteiger partial charge < -0.3 is 10.0 Å². The third-order valence-corrected chi connectivity index (χ3v) is 1.74. The molecule has 1 amide bonds. The van der Waals surface area contributed by atoms with Crippen LogP contribution in [-0.2, 0) is 9.59 Å². The molecule has 0 aliphatic heterocycles. The largest absolute Gasteiger partial charge is 0.478 e. The average molecular weight is 199 g/mol. The van der Waals surface area contributed by atoms with E-state index in [1.807, 2.05) is 27.7 Å². The molecule has 4 heteroatoms. The maximum absolute atomic E-state index is 11.5. The molecule has 1 N–H and O–H groups in total. The van der Waals surface area contributed by atoms with Crippen molar-refractivity contribution in [1.82, 2.24) is 4.90 Å². The molecule has 0 unspecified atom stereocenters. The molecule has 0 saturated heterocycles. The van der Waals surface area contributed by atoms with E-state index in [-0.39, 0.29) is 18.0 Å². The number of hydrogen-bond donors (Lipinski definition) is 1. The van der Waals surface area contributed by atoms with Crippen molar-refractivity contribution < 1.29 is 14.7 Å². The lowest BCUT2D eigenvalue weighted by atomic mass is 10.2. The number of carboxylic acids is 1. The fourth-order valence-corrected chi connectivity index (χ4v) is 1.33.